The first-order valence-corrected chi connectivity index (χ1v) is 9.29. The van der Waals surface area contributed by atoms with Crippen LogP contribution in [0.15, 0.2) is 36.4 Å². The average molecular weight is 402 g/mol. The SMILES string of the molecule is COc1ccc(C[C@H]2C(=O)OCC2[C@@H](O)c2ccc(OC)c(OC)c2)cc1OC. The molecule has 2 aromatic rings. The predicted octanol–water partition coefficient (Wildman–Crippen LogP) is 2.79. The molecule has 0 spiro atoms. The normalized spacial score (nSPS) is 19.4. The van der Waals surface area contributed by atoms with Gasteiger partial charge in [0.25, 0.3) is 0 Å². The first kappa shape index (κ1) is 20.8. The largest absolute Gasteiger partial charge is 0.493 e. The topological polar surface area (TPSA) is 83.5 Å². The van der Waals surface area contributed by atoms with E-state index in [0.717, 1.165) is 5.56 Å². The van der Waals surface area contributed by atoms with Crippen molar-refractivity contribution >= 4 is 5.97 Å². The summed E-state index contributed by atoms with van der Waals surface area (Å²) in [4.78, 5) is 12.4. The number of rotatable bonds is 8. The molecule has 1 aliphatic rings. The van der Waals surface area contributed by atoms with Crippen LogP contribution < -0.4 is 18.9 Å². The highest BCUT2D eigenvalue weighted by molar-refractivity contribution is 5.75. The molecule has 0 radical (unpaired) electrons. The van der Waals surface area contributed by atoms with E-state index in [2.05, 4.69) is 0 Å². The Morgan fingerprint density at radius 2 is 1.52 bits per heavy atom. The van der Waals surface area contributed by atoms with E-state index >= 15 is 0 Å². The van der Waals surface area contributed by atoms with Crippen LogP contribution in [0.25, 0.3) is 0 Å². The third-order valence-electron chi connectivity index (χ3n) is 5.30. The number of ether oxygens (including phenoxy) is 5. The summed E-state index contributed by atoms with van der Waals surface area (Å²) in [6.07, 6.45) is -0.458. The van der Waals surface area contributed by atoms with Crippen molar-refractivity contribution in [1.29, 1.82) is 0 Å². The zero-order chi connectivity index (χ0) is 21.0. The quantitative estimate of drug-likeness (QED) is 0.680. The lowest BCUT2D eigenvalue weighted by atomic mass is 9.83. The highest BCUT2D eigenvalue weighted by Crippen LogP contribution is 2.39. The molecule has 0 aliphatic carbocycles. The number of aliphatic hydroxyl groups is 1. The molecule has 0 aromatic heterocycles. The zero-order valence-electron chi connectivity index (χ0n) is 17.0. The van der Waals surface area contributed by atoms with E-state index in [-0.39, 0.29) is 18.5 Å². The lowest BCUT2D eigenvalue weighted by molar-refractivity contribution is -0.141. The number of esters is 1. The molecule has 7 heteroatoms. The van der Waals surface area contributed by atoms with E-state index < -0.39 is 12.0 Å². The Labute approximate surface area is 170 Å². The van der Waals surface area contributed by atoms with E-state index in [1.165, 1.54) is 7.11 Å². The van der Waals surface area contributed by atoms with Crippen LogP contribution in [0.3, 0.4) is 0 Å². The summed E-state index contributed by atoms with van der Waals surface area (Å²) in [5.41, 5.74) is 1.54. The fourth-order valence-electron chi connectivity index (χ4n) is 3.67. The van der Waals surface area contributed by atoms with Gasteiger partial charge in [-0.05, 0) is 41.8 Å². The van der Waals surface area contributed by atoms with E-state index in [9.17, 15) is 9.90 Å². The Bertz CT molecular complexity index is 864. The Morgan fingerprint density at radius 3 is 2.14 bits per heavy atom. The van der Waals surface area contributed by atoms with Gasteiger partial charge in [0.1, 0.15) is 0 Å². The molecule has 1 N–H and O–H groups in total. The second-order valence-corrected chi connectivity index (χ2v) is 6.85. The van der Waals surface area contributed by atoms with Crippen molar-refractivity contribution in [2.24, 2.45) is 11.8 Å². The number of benzene rings is 2. The molecule has 0 amide bonds. The van der Waals surface area contributed by atoms with Gasteiger partial charge in [-0.3, -0.25) is 4.79 Å². The molecule has 1 saturated heterocycles. The molecule has 1 heterocycles. The van der Waals surface area contributed by atoms with Crippen molar-refractivity contribution in [3.05, 3.63) is 47.5 Å². The monoisotopic (exact) mass is 402 g/mol. The molecule has 3 atom stereocenters. The molecule has 3 rings (SSSR count). The summed E-state index contributed by atoms with van der Waals surface area (Å²) in [6.45, 7) is 0.159. The van der Waals surface area contributed by atoms with Crippen LogP contribution in [0.1, 0.15) is 17.2 Å². The first-order chi connectivity index (χ1) is 14.0. The zero-order valence-corrected chi connectivity index (χ0v) is 17.0. The van der Waals surface area contributed by atoms with Crippen molar-refractivity contribution in [2.75, 3.05) is 35.0 Å². The fraction of sp³-hybridized carbons (Fsp3) is 0.409. The second-order valence-electron chi connectivity index (χ2n) is 6.85. The molecule has 0 saturated carbocycles. The van der Waals surface area contributed by atoms with Gasteiger partial charge >= 0.3 is 5.97 Å². The van der Waals surface area contributed by atoms with Crippen LogP contribution in [-0.4, -0.2) is 46.1 Å². The van der Waals surface area contributed by atoms with Gasteiger partial charge in [0.15, 0.2) is 23.0 Å². The molecule has 1 aliphatic heterocycles. The molecular formula is C22H26O7. The number of cyclic esters (lactones) is 1. The highest BCUT2D eigenvalue weighted by Gasteiger charge is 2.41. The number of carbonyl (C=O) groups is 1. The Hall–Kier alpha value is -2.93. The van der Waals surface area contributed by atoms with Gasteiger partial charge < -0.3 is 28.8 Å². The summed E-state index contributed by atoms with van der Waals surface area (Å²) in [7, 11) is 6.23. The number of carbonyl (C=O) groups excluding carboxylic acids is 1. The summed E-state index contributed by atoms with van der Waals surface area (Å²) in [5, 5.41) is 11.0. The van der Waals surface area contributed by atoms with Crippen molar-refractivity contribution < 1.29 is 33.6 Å². The van der Waals surface area contributed by atoms with Gasteiger partial charge in [0.05, 0.1) is 47.1 Å². The molecule has 7 nitrogen and oxygen atoms in total. The van der Waals surface area contributed by atoms with Crippen LogP contribution in [-0.2, 0) is 16.0 Å². The van der Waals surface area contributed by atoms with Gasteiger partial charge in [-0.2, -0.15) is 0 Å². The number of methoxy groups -OCH3 is 4. The maximum Gasteiger partial charge on any atom is 0.309 e. The summed E-state index contributed by atoms with van der Waals surface area (Å²) >= 11 is 0. The maximum absolute atomic E-state index is 12.4. The van der Waals surface area contributed by atoms with Crippen LogP contribution in [0.4, 0.5) is 0 Å². The van der Waals surface area contributed by atoms with Gasteiger partial charge in [-0.1, -0.05) is 12.1 Å². The summed E-state index contributed by atoms with van der Waals surface area (Å²) in [6, 6.07) is 10.7. The molecule has 156 valence electrons. The summed E-state index contributed by atoms with van der Waals surface area (Å²) < 4.78 is 26.5. The van der Waals surface area contributed by atoms with Crippen molar-refractivity contribution in [3.8, 4) is 23.0 Å². The van der Waals surface area contributed by atoms with Crippen LogP contribution in [0.2, 0.25) is 0 Å². The van der Waals surface area contributed by atoms with Crippen molar-refractivity contribution in [1.82, 2.24) is 0 Å². The van der Waals surface area contributed by atoms with E-state index in [0.29, 0.717) is 35.0 Å². The fourth-order valence-corrected chi connectivity index (χ4v) is 3.67. The molecule has 0 bridgehead atoms. The Morgan fingerprint density at radius 1 is 0.931 bits per heavy atom. The lowest BCUT2D eigenvalue weighted by Gasteiger charge is -2.22. The third-order valence-corrected chi connectivity index (χ3v) is 5.30. The number of aliphatic hydroxyl groups excluding tert-OH is 1. The van der Waals surface area contributed by atoms with Crippen molar-refractivity contribution in [2.45, 2.75) is 12.5 Å². The van der Waals surface area contributed by atoms with Gasteiger partial charge in [0, 0.05) is 5.92 Å². The number of hydrogen-bond donors (Lipinski definition) is 1. The minimum Gasteiger partial charge on any atom is -0.493 e. The highest BCUT2D eigenvalue weighted by atomic mass is 16.5. The molecule has 1 fully saturated rings. The van der Waals surface area contributed by atoms with Crippen molar-refractivity contribution in [3.63, 3.8) is 0 Å². The lowest BCUT2D eigenvalue weighted by Crippen LogP contribution is -2.24. The van der Waals surface area contributed by atoms with Crippen LogP contribution in [0, 0.1) is 11.8 Å². The first-order valence-electron chi connectivity index (χ1n) is 9.29. The maximum atomic E-state index is 12.4. The van der Waals surface area contributed by atoms with Crippen LogP contribution >= 0.6 is 0 Å². The molecule has 29 heavy (non-hydrogen) atoms. The van der Waals surface area contributed by atoms with E-state index in [1.54, 1.807) is 45.6 Å². The third kappa shape index (κ3) is 4.24. The predicted molar refractivity (Wildman–Crippen MR) is 106 cm³/mol. The molecular weight excluding hydrogens is 376 g/mol. The number of hydrogen-bond acceptors (Lipinski definition) is 7. The standard InChI is InChI=1S/C22H26O7/c1-25-17-7-5-13(10-19(17)27-3)9-15-16(12-29-22(15)24)21(23)14-6-8-18(26-2)20(11-14)28-4/h5-8,10-11,15-16,21,23H,9,12H2,1-4H3/t15-,16?,21+/m1/s1. The molecule has 1 unspecified atom stereocenters. The van der Waals surface area contributed by atoms with Crippen LogP contribution in [0.5, 0.6) is 23.0 Å². The Kier molecular flexibility index (Phi) is 6.49. The average Bonchev–Trinajstić information content (AvgIpc) is 3.12. The second kappa shape index (κ2) is 9.05. The minimum atomic E-state index is -0.883. The smallest absolute Gasteiger partial charge is 0.309 e. The van der Waals surface area contributed by atoms with E-state index in [1.807, 2.05) is 12.1 Å². The Balaban J connectivity index is 1.83. The van der Waals surface area contributed by atoms with Gasteiger partial charge in [0.2, 0.25) is 0 Å². The minimum absolute atomic E-state index is 0.159. The molecule has 2 aromatic carbocycles. The van der Waals surface area contributed by atoms with Gasteiger partial charge in [-0.15, -0.1) is 0 Å². The van der Waals surface area contributed by atoms with Gasteiger partial charge in [-0.25, -0.2) is 0 Å². The summed E-state index contributed by atoms with van der Waals surface area (Å²) in [5.74, 6) is 1.13. The van der Waals surface area contributed by atoms with E-state index in [4.69, 9.17) is 23.7 Å².